The first kappa shape index (κ1) is 13.9. The number of carbonyl (C=O) groups is 2. The first-order valence-electron chi connectivity index (χ1n) is 5.11. The molecule has 0 amide bonds. The molecule has 0 saturated heterocycles. The minimum atomic E-state index is -0.507. The van der Waals surface area contributed by atoms with Crippen molar-refractivity contribution < 1.29 is 19.1 Å². The largest absolute Gasteiger partial charge is 0.463 e. The van der Waals surface area contributed by atoms with E-state index >= 15 is 0 Å². The molecule has 1 unspecified atom stereocenters. The third-order valence-corrected chi connectivity index (χ3v) is 2.29. The highest BCUT2D eigenvalue weighted by molar-refractivity contribution is 5.77. The third kappa shape index (κ3) is 5.40. The Labute approximate surface area is 90.9 Å². The molecule has 4 nitrogen and oxygen atoms in total. The molecule has 0 aliphatic carbocycles. The summed E-state index contributed by atoms with van der Waals surface area (Å²) in [5.41, 5.74) is -0.161. The van der Waals surface area contributed by atoms with Gasteiger partial charge in [0.2, 0.25) is 0 Å². The summed E-state index contributed by atoms with van der Waals surface area (Å²) in [5.74, 6) is -1.12. The Bertz CT molecular complexity index is 227. The van der Waals surface area contributed by atoms with E-state index < -0.39 is 5.97 Å². The van der Waals surface area contributed by atoms with E-state index in [1.807, 2.05) is 20.8 Å². The van der Waals surface area contributed by atoms with Crippen molar-refractivity contribution in [3.05, 3.63) is 0 Å². The molecule has 0 radical (unpaired) electrons. The molecule has 0 aromatic rings. The average molecular weight is 216 g/mol. The van der Waals surface area contributed by atoms with Crippen molar-refractivity contribution in [3.8, 4) is 0 Å². The zero-order chi connectivity index (χ0) is 12.1. The highest BCUT2D eigenvalue weighted by Gasteiger charge is 2.28. The molecule has 0 rings (SSSR count). The van der Waals surface area contributed by atoms with Gasteiger partial charge in [0.25, 0.3) is 0 Å². The lowest BCUT2D eigenvalue weighted by Gasteiger charge is -2.24. The number of carbonyl (C=O) groups excluding carboxylic acids is 2. The van der Waals surface area contributed by atoms with E-state index in [4.69, 9.17) is 4.74 Å². The molecule has 0 aromatic carbocycles. The lowest BCUT2D eigenvalue weighted by atomic mass is 9.82. The first-order valence-corrected chi connectivity index (χ1v) is 5.11. The van der Waals surface area contributed by atoms with Crippen LogP contribution in [-0.2, 0) is 19.1 Å². The maximum atomic E-state index is 11.5. The SMILES string of the molecule is CCOC(=O)COC(=O)C(C)C(C)(C)C. The van der Waals surface area contributed by atoms with Gasteiger partial charge in [-0.15, -0.1) is 0 Å². The van der Waals surface area contributed by atoms with Crippen LogP contribution < -0.4 is 0 Å². The van der Waals surface area contributed by atoms with Crippen LogP contribution in [0, 0.1) is 11.3 Å². The second-order valence-corrected chi connectivity index (χ2v) is 4.50. The van der Waals surface area contributed by atoms with Gasteiger partial charge in [0.15, 0.2) is 6.61 Å². The Morgan fingerprint density at radius 3 is 2.13 bits per heavy atom. The lowest BCUT2D eigenvalue weighted by molar-refractivity contribution is -0.162. The van der Waals surface area contributed by atoms with Gasteiger partial charge in [-0.2, -0.15) is 0 Å². The van der Waals surface area contributed by atoms with Crippen molar-refractivity contribution in [2.45, 2.75) is 34.6 Å². The second-order valence-electron chi connectivity index (χ2n) is 4.50. The van der Waals surface area contributed by atoms with Crippen LogP contribution in [0.25, 0.3) is 0 Å². The average Bonchev–Trinajstić information content (AvgIpc) is 2.12. The summed E-state index contributed by atoms with van der Waals surface area (Å²) < 4.78 is 9.47. The fraction of sp³-hybridized carbons (Fsp3) is 0.818. The van der Waals surface area contributed by atoms with Crippen LogP contribution in [0.15, 0.2) is 0 Å². The molecule has 0 bridgehead atoms. The van der Waals surface area contributed by atoms with Crippen molar-refractivity contribution in [2.75, 3.05) is 13.2 Å². The molecule has 0 aromatic heterocycles. The van der Waals surface area contributed by atoms with Gasteiger partial charge in [0.05, 0.1) is 12.5 Å². The van der Waals surface area contributed by atoms with Crippen molar-refractivity contribution in [1.29, 1.82) is 0 Å². The number of esters is 2. The molecule has 0 fully saturated rings. The van der Waals surface area contributed by atoms with Gasteiger partial charge in [0.1, 0.15) is 0 Å². The molecule has 4 heteroatoms. The van der Waals surface area contributed by atoms with Crippen molar-refractivity contribution in [3.63, 3.8) is 0 Å². The summed E-state index contributed by atoms with van der Waals surface area (Å²) >= 11 is 0. The highest BCUT2D eigenvalue weighted by Crippen LogP contribution is 2.26. The summed E-state index contributed by atoms with van der Waals surface area (Å²) in [6.07, 6.45) is 0. The maximum Gasteiger partial charge on any atom is 0.344 e. The number of rotatable bonds is 4. The van der Waals surface area contributed by atoms with Crippen LogP contribution in [-0.4, -0.2) is 25.2 Å². The predicted molar refractivity (Wildman–Crippen MR) is 56.2 cm³/mol. The number of ether oxygens (including phenoxy) is 2. The Morgan fingerprint density at radius 1 is 1.20 bits per heavy atom. The minimum absolute atomic E-state index is 0.161. The maximum absolute atomic E-state index is 11.5. The zero-order valence-electron chi connectivity index (χ0n) is 10.1. The van der Waals surface area contributed by atoms with Gasteiger partial charge >= 0.3 is 11.9 Å². The van der Waals surface area contributed by atoms with Gasteiger partial charge < -0.3 is 9.47 Å². The number of hydrogen-bond acceptors (Lipinski definition) is 4. The zero-order valence-corrected chi connectivity index (χ0v) is 10.1. The van der Waals surface area contributed by atoms with E-state index in [0.29, 0.717) is 6.61 Å². The smallest absolute Gasteiger partial charge is 0.344 e. The van der Waals surface area contributed by atoms with Crippen molar-refractivity contribution in [1.82, 2.24) is 0 Å². The molecule has 15 heavy (non-hydrogen) atoms. The fourth-order valence-electron chi connectivity index (χ4n) is 0.811. The highest BCUT2D eigenvalue weighted by atomic mass is 16.6. The molecule has 88 valence electrons. The van der Waals surface area contributed by atoms with E-state index in [2.05, 4.69) is 4.74 Å². The molecule has 0 spiro atoms. The molecule has 1 atom stereocenters. The quantitative estimate of drug-likeness (QED) is 0.672. The van der Waals surface area contributed by atoms with Gasteiger partial charge in [-0.05, 0) is 12.3 Å². The normalized spacial score (nSPS) is 13.1. The minimum Gasteiger partial charge on any atom is -0.463 e. The Morgan fingerprint density at radius 2 is 1.73 bits per heavy atom. The standard InChI is InChI=1S/C11H20O4/c1-6-14-9(12)7-15-10(13)8(2)11(3,4)5/h8H,6-7H2,1-5H3. The molecule has 0 aliphatic rings. The third-order valence-electron chi connectivity index (χ3n) is 2.29. The van der Waals surface area contributed by atoms with Crippen LogP contribution in [0.5, 0.6) is 0 Å². The topological polar surface area (TPSA) is 52.6 Å². The summed E-state index contributed by atoms with van der Waals surface area (Å²) in [6, 6.07) is 0. The molecule has 0 heterocycles. The van der Waals surface area contributed by atoms with Crippen LogP contribution in [0.1, 0.15) is 34.6 Å². The van der Waals surface area contributed by atoms with Crippen LogP contribution >= 0.6 is 0 Å². The van der Waals surface area contributed by atoms with Gasteiger partial charge in [0, 0.05) is 0 Å². The Hall–Kier alpha value is -1.06. The van der Waals surface area contributed by atoms with Gasteiger partial charge in [-0.3, -0.25) is 4.79 Å². The van der Waals surface area contributed by atoms with E-state index in [1.54, 1.807) is 13.8 Å². The van der Waals surface area contributed by atoms with Gasteiger partial charge in [-0.1, -0.05) is 27.7 Å². The molecular formula is C11H20O4. The summed E-state index contributed by atoms with van der Waals surface area (Å²) in [6.45, 7) is 9.33. The van der Waals surface area contributed by atoms with E-state index in [1.165, 1.54) is 0 Å². The second kappa shape index (κ2) is 5.73. The summed E-state index contributed by atoms with van der Waals surface area (Å²) in [7, 11) is 0. The van der Waals surface area contributed by atoms with Crippen molar-refractivity contribution >= 4 is 11.9 Å². The predicted octanol–water partition coefficient (Wildman–Crippen LogP) is 1.77. The molecular weight excluding hydrogens is 196 g/mol. The van der Waals surface area contributed by atoms with Crippen LogP contribution in [0.4, 0.5) is 0 Å². The molecule has 0 N–H and O–H groups in total. The van der Waals surface area contributed by atoms with E-state index in [0.717, 1.165) is 0 Å². The Kier molecular flexibility index (Phi) is 5.33. The van der Waals surface area contributed by atoms with Crippen LogP contribution in [0.3, 0.4) is 0 Å². The Balaban J connectivity index is 4.00. The van der Waals surface area contributed by atoms with Crippen LogP contribution in [0.2, 0.25) is 0 Å². The van der Waals surface area contributed by atoms with Gasteiger partial charge in [-0.25, -0.2) is 4.79 Å². The fourth-order valence-corrected chi connectivity index (χ4v) is 0.811. The van der Waals surface area contributed by atoms with E-state index in [9.17, 15) is 9.59 Å². The van der Waals surface area contributed by atoms with E-state index in [-0.39, 0.29) is 23.9 Å². The number of hydrogen-bond donors (Lipinski definition) is 0. The molecule has 0 saturated carbocycles. The first-order chi connectivity index (χ1) is 6.79. The molecule has 0 aliphatic heterocycles. The lowest BCUT2D eigenvalue weighted by Crippen LogP contribution is -2.29. The van der Waals surface area contributed by atoms with Crippen molar-refractivity contribution in [2.24, 2.45) is 11.3 Å². The summed E-state index contributed by atoms with van der Waals surface area (Å²) in [4.78, 5) is 22.4. The summed E-state index contributed by atoms with van der Waals surface area (Å²) in [5, 5.41) is 0. The monoisotopic (exact) mass is 216 g/mol.